The third-order valence-electron chi connectivity index (χ3n) is 5.88. The predicted octanol–water partition coefficient (Wildman–Crippen LogP) is 3.32. The molecule has 1 atom stereocenters. The Labute approximate surface area is 169 Å². The smallest absolute Gasteiger partial charge is 0.250 e. The van der Waals surface area contributed by atoms with Gasteiger partial charge in [-0.25, -0.2) is 0 Å². The van der Waals surface area contributed by atoms with Gasteiger partial charge in [-0.2, -0.15) is 0 Å². The lowest BCUT2D eigenvalue weighted by atomic mass is 9.92. The first-order chi connectivity index (χ1) is 13.3. The van der Waals surface area contributed by atoms with E-state index in [0.717, 1.165) is 57.5 Å². The summed E-state index contributed by atoms with van der Waals surface area (Å²) in [6.45, 7) is 11.9. The van der Waals surface area contributed by atoms with Crippen LogP contribution in [0.3, 0.4) is 0 Å². The van der Waals surface area contributed by atoms with E-state index in [9.17, 15) is 9.59 Å². The van der Waals surface area contributed by atoms with Crippen LogP contribution in [0.25, 0.3) is 0 Å². The van der Waals surface area contributed by atoms with Crippen LogP contribution >= 0.6 is 0 Å². The minimum absolute atomic E-state index is 0.0805. The highest BCUT2D eigenvalue weighted by Gasteiger charge is 2.36. The number of carbonyl (C=O) groups is 2. The number of piperazine rings is 1. The summed E-state index contributed by atoms with van der Waals surface area (Å²) in [6.07, 6.45) is 3.62. The quantitative estimate of drug-likeness (QED) is 0.781. The van der Waals surface area contributed by atoms with Crippen LogP contribution in [0.15, 0.2) is 30.3 Å². The average Bonchev–Trinajstić information content (AvgIpc) is 2.69. The molecule has 2 aliphatic rings. The summed E-state index contributed by atoms with van der Waals surface area (Å²) in [5.41, 5.74) is 1.26. The zero-order valence-electron chi connectivity index (χ0n) is 17.7. The van der Waals surface area contributed by atoms with Gasteiger partial charge >= 0.3 is 0 Å². The number of benzene rings is 1. The molecule has 2 fully saturated rings. The highest BCUT2D eigenvalue weighted by atomic mass is 16.2. The van der Waals surface area contributed by atoms with Gasteiger partial charge in [0.25, 0.3) is 0 Å². The maximum Gasteiger partial charge on any atom is 0.250 e. The number of piperidine rings is 1. The Kier molecular flexibility index (Phi) is 6.76. The molecule has 1 unspecified atom stereocenters. The number of carbonyl (C=O) groups excluding carboxylic acids is 2. The molecule has 154 valence electrons. The zero-order chi connectivity index (χ0) is 20.1. The third kappa shape index (κ3) is 5.34. The van der Waals surface area contributed by atoms with Crippen molar-refractivity contribution in [2.75, 3.05) is 39.3 Å². The highest BCUT2D eigenvalue weighted by Crippen LogP contribution is 2.28. The Morgan fingerprint density at radius 2 is 1.68 bits per heavy atom. The molecule has 0 saturated carbocycles. The van der Waals surface area contributed by atoms with Crippen molar-refractivity contribution in [2.45, 2.75) is 52.5 Å². The van der Waals surface area contributed by atoms with Crippen molar-refractivity contribution < 1.29 is 9.59 Å². The van der Waals surface area contributed by atoms with Gasteiger partial charge in [0, 0.05) is 39.1 Å². The van der Waals surface area contributed by atoms with Gasteiger partial charge in [-0.1, -0.05) is 51.1 Å². The summed E-state index contributed by atoms with van der Waals surface area (Å²) in [4.78, 5) is 32.3. The number of likely N-dealkylation sites (tertiary alicyclic amines) is 1. The molecule has 28 heavy (non-hydrogen) atoms. The normalized spacial score (nSPS) is 20.3. The lowest BCUT2D eigenvalue weighted by molar-refractivity contribution is -0.148. The molecular formula is C23H35N3O2. The molecule has 0 bridgehead atoms. The Morgan fingerprint density at radius 1 is 1.00 bits per heavy atom. The van der Waals surface area contributed by atoms with Gasteiger partial charge in [0.05, 0.1) is 0 Å². The van der Waals surface area contributed by atoms with Crippen LogP contribution in [0.1, 0.15) is 58.1 Å². The van der Waals surface area contributed by atoms with Gasteiger partial charge in [-0.05, 0) is 36.8 Å². The average molecular weight is 386 g/mol. The van der Waals surface area contributed by atoms with Gasteiger partial charge in [-0.3, -0.25) is 14.5 Å². The summed E-state index contributed by atoms with van der Waals surface area (Å²) in [5.74, 6) is 0.189. The van der Waals surface area contributed by atoms with Crippen molar-refractivity contribution in [3.8, 4) is 0 Å². The standard InChI is InChI=1S/C23H35N3O2/c1-23(2,3)12-14-24-15-17-25(18-16-24)22(28)21(19-9-5-4-6-10-19)26-13-8-7-11-20(26)27/h4-6,9-10,21H,7-8,11-18H2,1-3H3. The van der Waals surface area contributed by atoms with E-state index in [1.807, 2.05) is 40.1 Å². The van der Waals surface area contributed by atoms with E-state index in [1.54, 1.807) is 0 Å². The van der Waals surface area contributed by atoms with Gasteiger partial charge in [0.1, 0.15) is 6.04 Å². The van der Waals surface area contributed by atoms with E-state index in [0.29, 0.717) is 18.4 Å². The second kappa shape index (κ2) is 9.08. The maximum absolute atomic E-state index is 13.5. The second-order valence-corrected chi connectivity index (χ2v) is 9.34. The monoisotopic (exact) mass is 385 g/mol. The van der Waals surface area contributed by atoms with Crippen LogP contribution in [0, 0.1) is 5.41 Å². The Balaban J connectivity index is 1.68. The Morgan fingerprint density at radius 3 is 2.29 bits per heavy atom. The molecule has 0 aliphatic carbocycles. The van der Waals surface area contributed by atoms with Crippen molar-refractivity contribution >= 4 is 11.8 Å². The Bertz CT molecular complexity index is 660. The fourth-order valence-corrected chi connectivity index (χ4v) is 4.05. The molecule has 0 aromatic heterocycles. The highest BCUT2D eigenvalue weighted by molar-refractivity contribution is 5.89. The third-order valence-corrected chi connectivity index (χ3v) is 5.88. The molecule has 1 aromatic rings. The molecule has 0 N–H and O–H groups in total. The second-order valence-electron chi connectivity index (χ2n) is 9.34. The summed E-state index contributed by atoms with van der Waals surface area (Å²) in [6, 6.07) is 9.34. The van der Waals surface area contributed by atoms with Crippen LogP contribution in [0.4, 0.5) is 0 Å². The van der Waals surface area contributed by atoms with Crippen molar-refractivity contribution in [3.05, 3.63) is 35.9 Å². The number of hydrogen-bond donors (Lipinski definition) is 0. The molecular weight excluding hydrogens is 350 g/mol. The van der Waals surface area contributed by atoms with Crippen molar-refractivity contribution in [1.82, 2.24) is 14.7 Å². The molecule has 3 rings (SSSR count). The topological polar surface area (TPSA) is 43.9 Å². The van der Waals surface area contributed by atoms with Crippen molar-refractivity contribution in [1.29, 1.82) is 0 Å². The number of nitrogens with zero attached hydrogens (tertiary/aromatic N) is 3. The molecule has 2 amide bonds. The van der Waals surface area contributed by atoms with Crippen LogP contribution in [0.2, 0.25) is 0 Å². The largest absolute Gasteiger partial charge is 0.338 e. The van der Waals surface area contributed by atoms with Gasteiger partial charge < -0.3 is 9.80 Å². The van der Waals surface area contributed by atoms with E-state index in [2.05, 4.69) is 25.7 Å². The number of amides is 2. The van der Waals surface area contributed by atoms with Crippen molar-refractivity contribution in [3.63, 3.8) is 0 Å². The van der Waals surface area contributed by atoms with Crippen LogP contribution in [-0.4, -0.2) is 65.8 Å². The summed E-state index contributed by atoms with van der Waals surface area (Å²) >= 11 is 0. The van der Waals surface area contributed by atoms with E-state index in [4.69, 9.17) is 0 Å². The van der Waals surface area contributed by atoms with Gasteiger partial charge in [0.2, 0.25) is 11.8 Å². The molecule has 2 heterocycles. The van der Waals surface area contributed by atoms with Crippen LogP contribution in [-0.2, 0) is 9.59 Å². The lowest BCUT2D eigenvalue weighted by Crippen LogP contribution is -2.53. The maximum atomic E-state index is 13.5. The van der Waals surface area contributed by atoms with Crippen LogP contribution < -0.4 is 0 Å². The summed E-state index contributed by atoms with van der Waals surface area (Å²) in [7, 11) is 0. The van der Waals surface area contributed by atoms with E-state index in [1.165, 1.54) is 0 Å². The van der Waals surface area contributed by atoms with E-state index >= 15 is 0 Å². The minimum atomic E-state index is -0.477. The summed E-state index contributed by atoms with van der Waals surface area (Å²) in [5, 5.41) is 0. The SMILES string of the molecule is CC(C)(C)CCN1CCN(C(=O)C(c2ccccc2)N2CCCCC2=O)CC1. The fraction of sp³-hybridized carbons (Fsp3) is 0.652. The van der Waals surface area contributed by atoms with Gasteiger partial charge in [-0.15, -0.1) is 0 Å². The summed E-state index contributed by atoms with van der Waals surface area (Å²) < 4.78 is 0. The molecule has 2 aliphatic heterocycles. The molecule has 2 saturated heterocycles. The molecule has 1 aromatic carbocycles. The first-order valence-corrected chi connectivity index (χ1v) is 10.7. The number of rotatable bonds is 5. The minimum Gasteiger partial charge on any atom is -0.338 e. The van der Waals surface area contributed by atoms with E-state index in [-0.39, 0.29) is 11.8 Å². The van der Waals surface area contributed by atoms with Gasteiger partial charge in [0.15, 0.2) is 0 Å². The van der Waals surface area contributed by atoms with Crippen LogP contribution in [0.5, 0.6) is 0 Å². The molecule has 0 radical (unpaired) electrons. The fourth-order valence-electron chi connectivity index (χ4n) is 4.05. The molecule has 5 nitrogen and oxygen atoms in total. The molecule has 5 heteroatoms. The molecule has 0 spiro atoms. The first kappa shape index (κ1) is 20.8. The lowest BCUT2D eigenvalue weighted by Gasteiger charge is -2.40. The Hall–Kier alpha value is -1.88. The first-order valence-electron chi connectivity index (χ1n) is 10.7. The van der Waals surface area contributed by atoms with E-state index < -0.39 is 6.04 Å². The number of hydrogen-bond acceptors (Lipinski definition) is 3. The van der Waals surface area contributed by atoms with Crippen molar-refractivity contribution in [2.24, 2.45) is 5.41 Å². The predicted molar refractivity (Wildman–Crippen MR) is 112 cm³/mol. The zero-order valence-corrected chi connectivity index (χ0v) is 17.7.